The summed E-state index contributed by atoms with van der Waals surface area (Å²) in [6.45, 7) is 6.40. The van der Waals surface area contributed by atoms with Crippen molar-refractivity contribution < 1.29 is 9.32 Å². The molecule has 6 heteroatoms. The SMILES string of the molecule is CCCc1ccc(C(NC(=O)CCc2nc(-c3ccc(Cl)cc3)no2)C(C)C)cc1. The lowest BCUT2D eigenvalue weighted by Crippen LogP contribution is -2.31. The Morgan fingerprint density at radius 3 is 2.40 bits per heavy atom. The van der Waals surface area contributed by atoms with Gasteiger partial charge in [0, 0.05) is 23.4 Å². The Hall–Kier alpha value is -2.66. The number of carbonyl (C=O) groups excluding carboxylic acids is 1. The lowest BCUT2D eigenvalue weighted by Gasteiger charge is -2.23. The lowest BCUT2D eigenvalue weighted by atomic mass is 9.94. The van der Waals surface area contributed by atoms with Crippen molar-refractivity contribution in [3.05, 3.63) is 70.6 Å². The fourth-order valence-corrected chi connectivity index (χ4v) is 3.48. The van der Waals surface area contributed by atoms with Gasteiger partial charge in [-0.1, -0.05) is 68.2 Å². The minimum atomic E-state index is -0.0300. The summed E-state index contributed by atoms with van der Waals surface area (Å²) in [5, 5.41) is 7.80. The molecular weight excluding hydrogens is 398 g/mol. The Bertz CT molecular complexity index is 949. The van der Waals surface area contributed by atoms with Gasteiger partial charge >= 0.3 is 0 Å². The molecule has 158 valence electrons. The van der Waals surface area contributed by atoms with Gasteiger partial charge in [0.15, 0.2) is 0 Å². The largest absolute Gasteiger partial charge is 0.349 e. The Morgan fingerprint density at radius 1 is 1.07 bits per heavy atom. The second-order valence-corrected chi connectivity index (χ2v) is 8.24. The zero-order valence-corrected chi connectivity index (χ0v) is 18.4. The molecule has 1 atom stereocenters. The van der Waals surface area contributed by atoms with Crippen molar-refractivity contribution >= 4 is 17.5 Å². The number of hydrogen-bond donors (Lipinski definition) is 1. The van der Waals surface area contributed by atoms with Crippen LogP contribution in [0.5, 0.6) is 0 Å². The van der Waals surface area contributed by atoms with Crippen molar-refractivity contribution in [1.29, 1.82) is 0 Å². The fourth-order valence-electron chi connectivity index (χ4n) is 3.35. The van der Waals surface area contributed by atoms with Gasteiger partial charge in [-0.3, -0.25) is 4.79 Å². The first-order chi connectivity index (χ1) is 14.5. The Balaban J connectivity index is 1.58. The van der Waals surface area contributed by atoms with E-state index in [1.165, 1.54) is 5.56 Å². The quantitative estimate of drug-likeness (QED) is 0.471. The minimum absolute atomic E-state index is 0.0273. The van der Waals surface area contributed by atoms with Crippen LogP contribution in [0.25, 0.3) is 11.4 Å². The number of aromatic nitrogens is 2. The zero-order valence-electron chi connectivity index (χ0n) is 17.7. The number of nitrogens with zero attached hydrogens (tertiary/aromatic N) is 2. The number of rotatable bonds is 9. The highest BCUT2D eigenvalue weighted by atomic mass is 35.5. The molecule has 0 spiro atoms. The van der Waals surface area contributed by atoms with Gasteiger partial charge in [-0.05, 0) is 47.7 Å². The first-order valence-electron chi connectivity index (χ1n) is 10.4. The van der Waals surface area contributed by atoms with E-state index in [1.54, 1.807) is 12.1 Å². The summed E-state index contributed by atoms with van der Waals surface area (Å²) >= 11 is 5.91. The van der Waals surface area contributed by atoms with E-state index < -0.39 is 0 Å². The molecule has 0 saturated heterocycles. The van der Waals surface area contributed by atoms with E-state index in [0.717, 1.165) is 24.0 Å². The van der Waals surface area contributed by atoms with Gasteiger partial charge in [0.05, 0.1) is 6.04 Å². The number of halogens is 1. The molecule has 1 heterocycles. The van der Waals surface area contributed by atoms with Crippen LogP contribution in [0.4, 0.5) is 0 Å². The van der Waals surface area contributed by atoms with Crippen LogP contribution in [-0.2, 0) is 17.6 Å². The predicted molar refractivity (Wildman–Crippen MR) is 119 cm³/mol. The standard InChI is InChI=1S/C24H28ClN3O2/c1-4-5-17-6-8-18(9-7-17)23(16(2)3)26-21(29)14-15-22-27-24(28-30-22)19-10-12-20(25)13-11-19/h6-13,16,23H,4-5,14-15H2,1-3H3,(H,26,29). The normalized spacial score (nSPS) is 12.2. The number of aryl methyl sites for hydroxylation is 2. The average molecular weight is 426 g/mol. The first kappa shape index (κ1) is 22.0. The summed E-state index contributed by atoms with van der Waals surface area (Å²) in [7, 11) is 0. The number of hydrogen-bond acceptors (Lipinski definition) is 4. The Kier molecular flexibility index (Phi) is 7.63. The van der Waals surface area contributed by atoms with Crippen molar-refractivity contribution in [2.24, 2.45) is 5.92 Å². The third-order valence-corrected chi connectivity index (χ3v) is 5.25. The highest BCUT2D eigenvalue weighted by molar-refractivity contribution is 6.30. The second-order valence-electron chi connectivity index (χ2n) is 7.80. The second kappa shape index (κ2) is 10.4. The summed E-state index contributed by atoms with van der Waals surface area (Å²) in [5.74, 6) is 1.19. The summed E-state index contributed by atoms with van der Waals surface area (Å²) in [4.78, 5) is 17.0. The molecule has 3 rings (SSSR count). The summed E-state index contributed by atoms with van der Waals surface area (Å²) < 4.78 is 5.30. The van der Waals surface area contributed by atoms with Gasteiger partial charge in [-0.15, -0.1) is 0 Å². The third kappa shape index (κ3) is 5.92. The highest BCUT2D eigenvalue weighted by Gasteiger charge is 2.19. The molecule has 3 aromatic rings. The number of nitrogens with one attached hydrogen (secondary N) is 1. The summed E-state index contributed by atoms with van der Waals surface area (Å²) in [6.07, 6.45) is 2.88. The van der Waals surface area contributed by atoms with Gasteiger partial charge in [0.1, 0.15) is 0 Å². The molecule has 0 radical (unpaired) electrons. The maximum Gasteiger partial charge on any atom is 0.227 e. The molecule has 1 unspecified atom stereocenters. The van der Waals surface area contributed by atoms with E-state index in [0.29, 0.717) is 29.6 Å². The first-order valence-corrected chi connectivity index (χ1v) is 10.8. The molecule has 1 aromatic heterocycles. The van der Waals surface area contributed by atoms with E-state index in [2.05, 4.69) is 60.5 Å². The third-order valence-electron chi connectivity index (χ3n) is 5.00. The van der Waals surface area contributed by atoms with Crippen LogP contribution < -0.4 is 5.32 Å². The van der Waals surface area contributed by atoms with Gasteiger partial charge in [0.2, 0.25) is 17.6 Å². The Labute approximate surface area is 182 Å². The molecule has 0 bridgehead atoms. The molecule has 1 N–H and O–H groups in total. The monoisotopic (exact) mass is 425 g/mol. The van der Waals surface area contributed by atoms with Crippen LogP contribution in [-0.4, -0.2) is 16.0 Å². The highest BCUT2D eigenvalue weighted by Crippen LogP contribution is 2.23. The van der Waals surface area contributed by atoms with Gasteiger partial charge in [-0.2, -0.15) is 4.98 Å². The minimum Gasteiger partial charge on any atom is -0.349 e. The molecule has 0 saturated carbocycles. The van der Waals surface area contributed by atoms with Crippen LogP contribution in [0.1, 0.15) is 56.7 Å². The molecule has 0 fully saturated rings. The van der Waals surface area contributed by atoms with Crippen molar-refractivity contribution in [3.63, 3.8) is 0 Å². The van der Waals surface area contributed by atoms with Crippen LogP contribution in [0.3, 0.4) is 0 Å². The van der Waals surface area contributed by atoms with Crippen LogP contribution in [0, 0.1) is 5.92 Å². The van der Waals surface area contributed by atoms with Crippen LogP contribution in [0.2, 0.25) is 5.02 Å². The van der Waals surface area contributed by atoms with E-state index >= 15 is 0 Å². The number of amides is 1. The zero-order chi connectivity index (χ0) is 21.5. The molecule has 5 nitrogen and oxygen atoms in total. The van der Waals surface area contributed by atoms with E-state index in [-0.39, 0.29) is 17.9 Å². The van der Waals surface area contributed by atoms with E-state index in [1.807, 2.05) is 12.1 Å². The van der Waals surface area contributed by atoms with Gasteiger partial charge < -0.3 is 9.84 Å². The maximum atomic E-state index is 12.6. The fraction of sp³-hybridized carbons (Fsp3) is 0.375. The summed E-state index contributed by atoms with van der Waals surface area (Å²) in [6, 6.07) is 15.7. The topological polar surface area (TPSA) is 68.0 Å². The molecule has 2 aromatic carbocycles. The summed E-state index contributed by atoms with van der Waals surface area (Å²) in [5.41, 5.74) is 3.27. The molecule has 0 aliphatic rings. The van der Waals surface area contributed by atoms with Gasteiger partial charge in [-0.25, -0.2) is 0 Å². The van der Waals surface area contributed by atoms with E-state index in [4.69, 9.17) is 16.1 Å². The molecule has 0 aliphatic carbocycles. The van der Waals surface area contributed by atoms with Crippen molar-refractivity contribution in [2.75, 3.05) is 0 Å². The molecular formula is C24H28ClN3O2. The van der Waals surface area contributed by atoms with Crippen molar-refractivity contribution in [2.45, 2.75) is 52.5 Å². The molecule has 0 aliphatic heterocycles. The Morgan fingerprint density at radius 2 is 1.77 bits per heavy atom. The van der Waals surface area contributed by atoms with Crippen LogP contribution >= 0.6 is 11.6 Å². The lowest BCUT2D eigenvalue weighted by molar-refractivity contribution is -0.122. The predicted octanol–water partition coefficient (Wildman–Crippen LogP) is 5.79. The van der Waals surface area contributed by atoms with Gasteiger partial charge in [0.25, 0.3) is 0 Å². The molecule has 30 heavy (non-hydrogen) atoms. The number of benzene rings is 2. The smallest absolute Gasteiger partial charge is 0.227 e. The van der Waals surface area contributed by atoms with E-state index in [9.17, 15) is 4.79 Å². The molecule has 1 amide bonds. The van der Waals surface area contributed by atoms with Crippen molar-refractivity contribution in [1.82, 2.24) is 15.5 Å². The maximum absolute atomic E-state index is 12.6. The number of carbonyl (C=O) groups is 1. The van der Waals surface area contributed by atoms with Crippen LogP contribution in [0.15, 0.2) is 53.1 Å². The average Bonchev–Trinajstić information content (AvgIpc) is 3.21. The van der Waals surface area contributed by atoms with Crippen molar-refractivity contribution in [3.8, 4) is 11.4 Å².